The Hall–Kier alpha value is -0.660. The van der Waals surface area contributed by atoms with Crippen molar-refractivity contribution in [1.82, 2.24) is 4.31 Å². The fourth-order valence-corrected chi connectivity index (χ4v) is 5.22. The van der Waals surface area contributed by atoms with Crippen LogP contribution in [-0.2, 0) is 19.5 Å². The molecule has 1 unspecified atom stereocenters. The van der Waals surface area contributed by atoms with Crippen molar-refractivity contribution < 1.29 is 17.9 Å². The van der Waals surface area contributed by atoms with E-state index in [2.05, 4.69) is 0 Å². The summed E-state index contributed by atoms with van der Waals surface area (Å²) in [6.07, 6.45) is 0.659. The molecule has 1 aromatic carbocycles. The molecule has 7 heteroatoms. The Morgan fingerprint density at radius 2 is 1.95 bits per heavy atom. The summed E-state index contributed by atoms with van der Waals surface area (Å²) in [6.45, 7) is 3.85. The van der Waals surface area contributed by atoms with Crippen molar-refractivity contribution in [3.05, 3.63) is 28.8 Å². The summed E-state index contributed by atoms with van der Waals surface area (Å²) in [5, 5.41) is 0.421. The molecule has 3 rings (SSSR count). The molecule has 0 N–H and O–H groups in total. The average Bonchev–Trinajstić information content (AvgIpc) is 2.90. The van der Waals surface area contributed by atoms with E-state index in [0.717, 1.165) is 0 Å². The number of morpholine rings is 1. The Morgan fingerprint density at radius 3 is 2.62 bits per heavy atom. The molecule has 2 aliphatic rings. The maximum Gasteiger partial charge on any atom is 0.244 e. The fraction of sp³-hybridized carbons (Fsp3) is 0.571. The van der Waals surface area contributed by atoms with Gasteiger partial charge >= 0.3 is 0 Å². The number of sulfonamides is 1. The van der Waals surface area contributed by atoms with Crippen molar-refractivity contribution in [1.29, 1.82) is 0 Å². The minimum atomic E-state index is -3.62. The largest absolute Gasteiger partial charge is 0.379 e. The minimum Gasteiger partial charge on any atom is -0.379 e. The van der Waals surface area contributed by atoms with E-state index in [1.54, 1.807) is 23.4 Å². The SMILES string of the molecule is Cc1ccc(Cl)cc1S(=O)(=O)N1CCOCC12CCOC2. The van der Waals surface area contributed by atoms with Crippen LogP contribution in [0.3, 0.4) is 0 Å². The maximum absolute atomic E-state index is 13.1. The number of benzene rings is 1. The van der Waals surface area contributed by atoms with E-state index in [1.807, 2.05) is 0 Å². The smallest absolute Gasteiger partial charge is 0.244 e. The van der Waals surface area contributed by atoms with Crippen molar-refractivity contribution in [2.75, 3.05) is 33.0 Å². The van der Waals surface area contributed by atoms with Crippen LogP contribution < -0.4 is 0 Å². The third kappa shape index (κ3) is 2.59. The lowest BCUT2D eigenvalue weighted by atomic mass is 9.99. The van der Waals surface area contributed by atoms with Gasteiger partial charge in [-0.3, -0.25) is 0 Å². The van der Waals surface area contributed by atoms with Crippen LogP contribution in [0, 0.1) is 6.92 Å². The van der Waals surface area contributed by atoms with Gasteiger partial charge < -0.3 is 9.47 Å². The van der Waals surface area contributed by atoms with Crippen LogP contribution >= 0.6 is 11.6 Å². The number of hydrogen-bond donors (Lipinski definition) is 0. The molecule has 1 atom stereocenters. The third-order valence-corrected chi connectivity index (χ3v) is 6.52. The van der Waals surface area contributed by atoms with Gasteiger partial charge in [-0.2, -0.15) is 4.31 Å². The van der Waals surface area contributed by atoms with Gasteiger partial charge in [-0.25, -0.2) is 8.42 Å². The molecule has 0 aliphatic carbocycles. The van der Waals surface area contributed by atoms with Gasteiger partial charge in [0.1, 0.15) is 0 Å². The van der Waals surface area contributed by atoms with E-state index in [1.165, 1.54) is 6.07 Å². The molecule has 0 bridgehead atoms. The molecular weight excluding hydrogens is 314 g/mol. The van der Waals surface area contributed by atoms with Gasteiger partial charge in [0.2, 0.25) is 10.0 Å². The number of hydrogen-bond acceptors (Lipinski definition) is 4. The van der Waals surface area contributed by atoms with Crippen molar-refractivity contribution in [3.63, 3.8) is 0 Å². The molecule has 116 valence electrons. The van der Waals surface area contributed by atoms with Gasteiger partial charge in [0, 0.05) is 18.2 Å². The number of aryl methyl sites for hydroxylation is 1. The van der Waals surface area contributed by atoms with Crippen LogP contribution in [0.2, 0.25) is 5.02 Å². The highest BCUT2D eigenvalue weighted by Crippen LogP contribution is 2.35. The van der Waals surface area contributed by atoms with Crippen LogP contribution in [0.5, 0.6) is 0 Å². The molecule has 2 saturated heterocycles. The van der Waals surface area contributed by atoms with E-state index < -0.39 is 15.6 Å². The first-order valence-electron chi connectivity index (χ1n) is 6.90. The maximum atomic E-state index is 13.1. The predicted molar refractivity (Wildman–Crippen MR) is 79.1 cm³/mol. The van der Waals surface area contributed by atoms with E-state index in [4.69, 9.17) is 21.1 Å². The van der Waals surface area contributed by atoms with Crippen molar-refractivity contribution in [2.45, 2.75) is 23.8 Å². The second-order valence-corrected chi connectivity index (χ2v) is 7.83. The molecule has 0 amide bonds. The van der Waals surface area contributed by atoms with Gasteiger partial charge in [-0.15, -0.1) is 0 Å². The molecular formula is C14H18ClNO4S. The summed E-state index contributed by atoms with van der Waals surface area (Å²) in [7, 11) is -3.62. The summed E-state index contributed by atoms with van der Waals surface area (Å²) in [5.74, 6) is 0. The van der Waals surface area contributed by atoms with Gasteiger partial charge in [0.05, 0.1) is 30.3 Å². The van der Waals surface area contributed by atoms with Gasteiger partial charge in [0.15, 0.2) is 0 Å². The molecule has 0 radical (unpaired) electrons. The molecule has 5 nitrogen and oxygen atoms in total. The van der Waals surface area contributed by atoms with Gasteiger partial charge in [-0.05, 0) is 31.0 Å². The number of nitrogens with zero attached hydrogens (tertiary/aromatic N) is 1. The van der Waals surface area contributed by atoms with E-state index in [9.17, 15) is 8.42 Å². The first-order chi connectivity index (χ1) is 9.96. The van der Waals surface area contributed by atoms with Crippen LogP contribution in [0.4, 0.5) is 0 Å². The predicted octanol–water partition coefficient (Wildman–Crippen LogP) is 1.83. The van der Waals surface area contributed by atoms with Crippen molar-refractivity contribution in [2.24, 2.45) is 0 Å². The average molecular weight is 332 g/mol. The van der Waals surface area contributed by atoms with Gasteiger partial charge in [-0.1, -0.05) is 17.7 Å². The fourth-order valence-electron chi connectivity index (χ4n) is 2.97. The zero-order chi connectivity index (χ0) is 15.1. The lowest BCUT2D eigenvalue weighted by Crippen LogP contribution is -2.59. The number of rotatable bonds is 2. The second-order valence-electron chi connectivity index (χ2n) is 5.57. The topological polar surface area (TPSA) is 55.8 Å². The van der Waals surface area contributed by atoms with Crippen LogP contribution in [0.1, 0.15) is 12.0 Å². The zero-order valence-corrected chi connectivity index (χ0v) is 13.4. The van der Waals surface area contributed by atoms with Gasteiger partial charge in [0.25, 0.3) is 0 Å². The molecule has 2 fully saturated rings. The Labute approximate surface area is 129 Å². The molecule has 0 aromatic heterocycles. The van der Waals surface area contributed by atoms with E-state index in [0.29, 0.717) is 50.0 Å². The summed E-state index contributed by atoms with van der Waals surface area (Å²) >= 11 is 5.98. The Morgan fingerprint density at radius 1 is 1.24 bits per heavy atom. The summed E-state index contributed by atoms with van der Waals surface area (Å²) in [5.41, 5.74) is 0.117. The molecule has 1 aromatic rings. The lowest BCUT2D eigenvalue weighted by molar-refractivity contribution is -0.0293. The zero-order valence-electron chi connectivity index (χ0n) is 11.8. The first-order valence-corrected chi connectivity index (χ1v) is 8.72. The number of halogens is 1. The Kier molecular flexibility index (Phi) is 4.00. The molecule has 1 spiro atoms. The molecule has 0 saturated carbocycles. The van der Waals surface area contributed by atoms with E-state index in [-0.39, 0.29) is 4.90 Å². The summed E-state index contributed by atoms with van der Waals surface area (Å²) in [4.78, 5) is 0.267. The highest BCUT2D eigenvalue weighted by molar-refractivity contribution is 7.89. The number of ether oxygens (including phenoxy) is 2. The monoisotopic (exact) mass is 331 g/mol. The second kappa shape index (κ2) is 5.52. The normalized spacial score (nSPS) is 27.3. The molecule has 2 heterocycles. The highest BCUT2D eigenvalue weighted by Gasteiger charge is 2.49. The highest BCUT2D eigenvalue weighted by atomic mass is 35.5. The standard InChI is InChI=1S/C14H18ClNO4S/c1-11-2-3-12(15)8-13(11)21(17,18)16-5-7-20-10-14(16)4-6-19-9-14/h2-3,8H,4-7,9-10H2,1H3. The summed E-state index contributed by atoms with van der Waals surface area (Å²) in [6, 6.07) is 4.95. The quantitative estimate of drug-likeness (QED) is 0.829. The third-order valence-electron chi connectivity index (χ3n) is 4.14. The summed E-state index contributed by atoms with van der Waals surface area (Å²) < 4.78 is 38.7. The van der Waals surface area contributed by atoms with Crippen LogP contribution in [0.15, 0.2) is 23.1 Å². The molecule has 21 heavy (non-hydrogen) atoms. The minimum absolute atomic E-state index is 0.267. The van der Waals surface area contributed by atoms with Crippen molar-refractivity contribution in [3.8, 4) is 0 Å². The van der Waals surface area contributed by atoms with Crippen LogP contribution in [0.25, 0.3) is 0 Å². The van der Waals surface area contributed by atoms with Crippen LogP contribution in [-0.4, -0.2) is 51.2 Å². The Balaban J connectivity index is 2.05. The Bertz CT molecular complexity index is 640. The van der Waals surface area contributed by atoms with Crippen molar-refractivity contribution >= 4 is 21.6 Å². The molecule has 2 aliphatic heterocycles. The lowest BCUT2D eigenvalue weighted by Gasteiger charge is -2.42. The van der Waals surface area contributed by atoms with E-state index >= 15 is 0 Å². The first kappa shape index (κ1) is 15.2.